The third kappa shape index (κ3) is 2.03. The molecule has 3 N–H and O–H groups in total. The molecule has 3 aromatic rings. The number of hydrogen-bond acceptors (Lipinski definition) is 6. The lowest BCUT2D eigenvalue weighted by Crippen LogP contribution is -2.16. The van der Waals surface area contributed by atoms with E-state index in [2.05, 4.69) is 0 Å². The predicted molar refractivity (Wildman–Crippen MR) is 76.1 cm³/mol. The molecule has 3 rings (SSSR count). The Kier molecular flexibility index (Phi) is 2.91. The minimum Gasteiger partial charge on any atom is -0.508 e. The number of benzene rings is 1. The number of aromatic hydroxyl groups is 2. The highest BCUT2D eigenvalue weighted by Crippen LogP contribution is 2.34. The third-order valence-corrected chi connectivity index (χ3v) is 3.78. The fourth-order valence-electron chi connectivity index (χ4n) is 2.04. The first-order valence-electron chi connectivity index (χ1n) is 5.79. The number of rotatable bonds is 2. The maximum absolute atomic E-state index is 12.3. The molecule has 0 saturated heterocycles. The first-order valence-corrected chi connectivity index (χ1v) is 6.67. The molecule has 0 aliphatic rings. The zero-order chi connectivity index (χ0) is 15.1. The van der Waals surface area contributed by atoms with Gasteiger partial charge in [-0.25, -0.2) is 4.79 Å². The molecule has 1 aromatic carbocycles. The first kappa shape index (κ1) is 13.2. The Morgan fingerprint density at radius 1 is 1.24 bits per heavy atom. The Hall–Kier alpha value is -2.80. The fraction of sp³-hybridized carbons (Fsp3) is 0. The van der Waals surface area contributed by atoms with Crippen LogP contribution in [-0.2, 0) is 0 Å². The van der Waals surface area contributed by atoms with Crippen LogP contribution in [0.1, 0.15) is 10.4 Å². The topological polar surface area (TPSA) is 108 Å². The molecule has 0 bridgehead atoms. The van der Waals surface area contributed by atoms with Gasteiger partial charge < -0.3 is 19.7 Å². The van der Waals surface area contributed by atoms with E-state index in [9.17, 15) is 24.9 Å². The van der Waals surface area contributed by atoms with Crippen LogP contribution in [0.15, 0.2) is 38.9 Å². The number of fused-ring (bicyclic) bond motifs is 1. The Balaban J connectivity index is 2.51. The second-order valence-corrected chi connectivity index (χ2v) is 5.21. The van der Waals surface area contributed by atoms with Crippen LogP contribution in [-0.4, -0.2) is 21.3 Å². The van der Waals surface area contributed by atoms with Crippen molar-refractivity contribution in [3.05, 3.63) is 45.4 Å². The van der Waals surface area contributed by atoms with Crippen LogP contribution in [0.3, 0.4) is 0 Å². The van der Waals surface area contributed by atoms with Gasteiger partial charge in [0.1, 0.15) is 5.75 Å². The molecule has 106 valence electrons. The van der Waals surface area contributed by atoms with Crippen molar-refractivity contribution >= 4 is 28.3 Å². The van der Waals surface area contributed by atoms with Crippen molar-refractivity contribution in [1.29, 1.82) is 0 Å². The van der Waals surface area contributed by atoms with E-state index in [1.807, 2.05) is 0 Å². The van der Waals surface area contributed by atoms with Gasteiger partial charge in [0.2, 0.25) is 5.43 Å². The summed E-state index contributed by atoms with van der Waals surface area (Å²) in [5.74, 6) is -2.34. The van der Waals surface area contributed by atoms with Gasteiger partial charge in [-0.2, -0.15) is 0 Å². The summed E-state index contributed by atoms with van der Waals surface area (Å²) < 4.78 is 5.43. The van der Waals surface area contributed by atoms with E-state index >= 15 is 0 Å². The van der Waals surface area contributed by atoms with Gasteiger partial charge in [0.05, 0.1) is 10.3 Å². The van der Waals surface area contributed by atoms with Crippen molar-refractivity contribution in [2.24, 2.45) is 0 Å². The van der Waals surface area contributed by atoms with Crippen LogP contribution in [0, 0.1) is 0 Å². The van der Waals surface area contributed by atoms with Gasteiger partial charge >= 0.3 is 5.97 Å². The third-order valence-electron chi connectivity index (χ3n) is 2.92. The predicted octanol–water partition coefficient (Wildman–Crippen LogP) is 2.63. The molecule has 0 saturated carbocycles. The lowest BCUT2D eigenvalue weighted by atomic mass is 10.1. The van der Waals surface area contributed by atoms with E-state index in [0.29, 0.717) is 4.88 Å². The van der Waals surface area contributed by atoms with E-state index in [-0.39, 0.29) is 22.5 Å². The summed E-state index contributed by atoms with van der Waals surface area (Å²) in [5.41, 5.74) is -1.51. The summed E-state index contributed by atoms with van der Waals surface area (Å²) in [6.07, 6.45) is 0. The molecule has 0 fully saturated rings. The Morgan fingerprint density at radius 2 is 2.00 bits per heavy atom. The van der Waals surface area contributed by atoms with Crippen molar-refractivity contribution in [3.8, 4) is 22.1 Å². The average molecular weight is 304 g/mol. The second kappa shape index (κ2) is 4.64. The van der Waals surface area contributed by atoms with Crippen molar-refractivity contribution in [2.45, 2.75) is 0 Å². The highest BCUT2D eigenvalue weighted by atomic mass is 32.1. The van der Waals surface area contributed by atoms with Crippen molar-refractivity contribution < 1.29 is 24.5 Å². The van der Waals surface area contributed by atoms with E-state index in [1.54, 1.807) is 17.5 Å². The fourth-order valence-corrected chi connectivity index (χ4v) is 2.75. The quantitative estimate of drug-likeness (QED) is 0.671. The van der Waals surface area contributed by atoms with Gasteiger partial charge in [0.15, 0.2) is 22.7 Å². The molecule has 0 aliphatic heterocycles. The summed E-state index contributed by atoms with van der Waals surface area (Å²) in [7, 11) is 0. The summed E-state index contributed by atoms with van der Waals surface area (Å²) >= 11 is 1.21. The van der Waals surface area contributed by atoms with E-state index in [4.69, 9.17) is 4.42 Å². The number of carboxylic acids is 1. The van der Waals surface area contributed by atoms with Gasteiger partial charge in [-0.1, -0.05) is 6.07 Å². The molecule has 21 heavy (non-hydrogen) atoms. The van der Waals surface area contributed by atoms with Crippen LogP contribution in [0.5, 0.6) is 11.5 Å². The Labute approximate surface area is 121 Å². The smallest absolute Gasteiger partial charge is 0.343 e. The number of carbonyl (C=O) groups is 1. The van der Waals surface area contributed by atoms with Crippen LogP contribution in [0.4, 0.5) is 0 Å². The van der Waals surface area contributed by atoms with Crippen LogP contribution in [0.25, 0.3) is 21.6 Å². The van der Waals surface area contributed by atoms with Gasteiger partial charge in [-0.05, 0) is 17.5 Å². The Morgan fingerprint density at radius 3 is 2.62 bits per heavy atom. The molecule has 6 nitrogen and oxygen atoms in total. The van der Waals surface area contributed by atoms with Gasteiger partial charge in [-0.15, -0.1) is 11.3 Å². The van der Waals surface area contributed by atoms with Gasteiger partial charge in [-0.3, -0.25) is 4.79 Å². The highest BCUT2D eigenvalue weighted by Gasteiger charge is 2.23. The van der Waals surface area contributed by atoms with Gasteiger partial charge in [0, 0.05) is 6.07 Å². The number of hydrogen-bond donors (Lipinski definition) is 3. The summed E-state index contributed by atoms with van der Waals surface area (Å²) in [6.45, 7) is 0. The lowest BCUT2D eigenvalue weighted by molar-refractivity contribution is 0.0694. The SMILES string of the molecule is O=C(O)c1c(-c2cccs2)oc2c(O)cc(O)cc2c1=O. The van der Waals surface area contributed by atoms with E-state index < -0.39 is 22.7 Å². The molecule has 0 amide bonds. The number of phenolic OH excluding ortho intramolecular Hbond substituents is 2. The first-order chi connectivity index (χ1) is 9.99. The Bertz CT molecular complexity index is 907. The van der Waals surface area contributed by atoms with Crippen LogP contribution >= 0.6 is 11.3 Å². The van der Waals surface area contributed by atoms with E-state index in [0.717, 1.165) is 12.1 Å². The van der Waals surface area contributed by atoms with Gasteiger partial charge in [0.25, 0.3) is 0 Å². The monoisotopic (exact) mass is 304 g/mol. The molecule has 0 radical (unpaired) electrons. The number of aromatic carboxylic acids is 1. The average Bonchev–Trinajstić information content (AvgIpc) is 2.92. The summed E-state index contributed by atoms with van der Waals surface area (Å²) in [6, 6.07) is 5.38. The van der Waals surface area contributed by atoms with Crippen LogP contribution < -0.4 is 5.43 Å². The normalized spacial score (nSPS) is 10.9. The van der Waals surface area contributed by atoms with Crippen molar-refractivity contribution in [3.63, 3.8) is 0 Å². The molecule has 2 heterocycles. The van der Waals surface area contributed by atoms with Crippen molar-refractivity contribution in [2.75, 3.05) is 0 Å². The summed E-state index contributed by atoms with van der Waals surface area (Å²) in [5, 5.41) is 30.0. The summed E-state index contributed by atoms with van der Waals surface area (Å²) in [4.78, 5) is 24.2. The highest BCUT2D eigenvalue weighted by molar-refractivity contribution is 7.13. The standard InChI is InChI=1S/C14H8O6S/c15-6-4-7-11(17)10(14(18)19)13(9-2-1-3-21-9)20-12(7)8(16)5-6/h1-5,15-16H,(H,18,19). The number of carboxylic acid groups (broad SMARTS) is 1. The second-order valence-electron chi connectivity index (χ2n) is 4.26. The number of thiophene rings is 1. The molecule has 7 heteroatoms. The largest absolute Gasteiger partial charge is 0.508 e. The molecular formula is C14H8O6S. The molecule has 0 unspecified atom stereocenters. The van der Waals surface area contributed by atoms with E-state index in [1.165, 1.54) is 11.3 Å². The number of phenols is 2. The minimum atomic E-state index is -1.43. The minimum absolute atomic E-state index is 0.115. The maximum atomic E-state index is 12.3. The molecule has 0 spiro atoms. The zero-order valence-electron chi connectivity index (χ0n) is 10.4. The zero-order valence-corrected chi connectivity index (χ0v) is 11.2. The molecular weight excluding hydrogens is 296 g/mol. The maximum Gasteiger partial charge on any atom is 0.343 e. The molecule has 2 aromatic heterocycles. The van der Waals surface area contributed by atoms with Crippen molar-refractivity contribution in [1.82, 2.24) is 0 Å². The van der Waals surface area contributed by atoms with Crippen LogP contribution in [0.2, 0.25) is 0 Å². The lowest BCUT2D eigenvalue weighted by Gasteiger charge is -2.07. The molecule has 0 aliphatic carbocycles. The molecule has 0 atom stereocenters.